The molecule has 1 heterocycles. The number of methoxy groups -OCH3 is 1. The van der Waals surface area contributed by atoms with Crippen LogP contribution in [0.15, 0.2) is 4.52 Å². The summed E-state index contributed by atoms with van der Waals surface area (Å²) in [5.74, 6) is 1.98. The standard InChI is InChI=1S/C10H16N2O2/c1-7-11-10(14-12-7)8-3-5-9(13-2)6-4-8/h8-9H,3-6H2,1-2H3. The van der Waals surface area contributed by atoms with E-state index in [1.165, 1.54) is 0 Å². The molecule has 2 rings (SSSR count). The molecule has 0 N–H and O–H groups in total. The van der Waals surface area contributed by atoms with Crippen LogP contribution in [0.5, 0.6) is 0 Å². The summed E-state index contributed by atoms with van der Waals surface area (Å²) in [5, 5.41) is 3.81. The van der Waals surface area contributed by atoms with Gasteiger partial charge in [0.2, 0.25) is 5.89 Å². The molecule has 0 spiro atoms. The minimum atomic E-state index is 0.426. The van der Waals surface area contributed by atoms with Crippen LogP contribution >= 0.6 is 0 Å². The maximum atomic E-state index is 5.31. The van der Waals surface area contributed by atoms with Crippen LogP contribution in [0.3, 0.4) is 0 Å². The highest BCUT2D eigenvalue weighted by Gasteiger charge is 2.25. The summed E-state index contributed by atoms with van der Waals surface area (Å²) in [5.41, 5.74) is 0. The Kier molecular flexibility index (Phi) is 2.82. The summed E-state index contributed by atoms with van der Waals surface area (Å²) >= 11 is 0. The summed E-state index contributed by atoms with van der Waals surface area (Å²) in [7, 11) is 1.78. The second-order valence-corrected chi connectivity index (χ2v) is 3.89. The van der Waals surface area contributed by atoms with Crippen LogP contribution in [0.1, 0.15) is 43.3 Å². The van der Waals surface area contributed by atoms with Gasteiger partial charge in [0.05, 0.1) is 6.10 Å². The maximum absolute atomic E-state index is 5.31. The van der Waals surface area contributed by atoms with Crippen molar-refractivity contribution in [2.24, 2.45) is 0 Å². The Balaban J connectivity index is 1.95. The Labute approximate surface area is 83.6 Å². The smallest absolute Gasteiger partial charge is 0.229 e. The molecule has 0 radical (unpaired) electrons. The number of aryl methyl sites for hydroxylation is 1. The van der Waals surface area contributed by atoms with Gasteiger partial charge in [-0.2, -0.15) is 4.98 Å². The zero-order valence-electron chi connectivity index (χ0n) is 8.69. The van der Waals surface area contributed by atoms with Gasteiger partial charge in [-0.15, -0.1) is 0 Å². The van der Waals surface area contributed by atoms with Crippen molar-refractivity contribution in [3.8, 4) is 0 Å². The van der Waals surface area contributed by atoms with Crippen molar-refractivity contribution >= 4 is 0 Å². The van der Waals surface area contributed by atoms with Gasteiger partial charge in [-0.3, -0.25) is 0 Å². The monoisotopic (exact) mass is 196 g/mol. The first-order chi connectivity index (χ1) is 6.79. The van der Waals surface area contributed by atoms with Gasteiger partial charge in [-0.25, -0.2) is 0 Å². The summed E-state index contributed by atoms with van der Waals surface area (Å²) in [6.45, 7) is 1.85. The van der Waals surface area contributed by atoms with E-state index in [-0.39, 0.29) is 0 Å². The molecule has 4 nitrogen and oxygen atoms in total. The van der Waals surface area contributed by atoms with Crippen LogP contribution in [-0.4, -0.2) is 23.4 Å². The Morgan fingerprint density at radius 1 is 1.29 bits per heavy atom. The summed E-state index contributed by atoms with van der Waals surface area (Å²) in [4.78, 5) is 4.27. The molecule has 0 aliphatic heterocycles. The predicted molar refractivity (Wildman–Crippen MR) is 51.0 cm³/mol. The van der Waals surface area contributed by atoms with Gasteiger partial charge in [0.1, 0.15) is 0 Å². The van der Waals surface area contributed by atoms with Crippen LogP contribution in [0.4, 0.5) is 0 Å². The Hall–Kier alpha value is -0.900. The average molecular weight is 196 g/mol. The lowest BCUT2D eigenvalue weighted by atomic mass is 9.87. The third kappa shape index (κ3) is 1.95. The molecule has 1 saturated carbocycles. The average Bonchev–Trinajstić information content (AvgIpc) is 2.65. The van der Waals surface area contributed by atoms with E-state index in [1.807, 2.05) is 6.92 Å². The number of aromatic nitrogens is 2. The lowest BCUT2D eigenvalue weighted by molar-refractivity contribution is 0.0626. The van der Waals surface area contributed by atoms with Gasteiger partial charge < -0.3 is 9.26 Å². The minimum Gasteiger partial charge on any atom is -0.381 e. The number of rotatable bonds is 2. The first-order valence-corrected chi connectivity index (χ1v) is 5.12. The Morgan fingerprint density at radius 2 is 2.00 bits per heavy atom. The highest BCUT2D eigenvalue weighted by atomic mass is 16.5. The molecule has 1 aliphatic carbocycles. The number of hydrogen-bond donors (Lipinski definition) is 0. The van der Waals surface area contributed by atoms with Gasteiger partial charge in [0, 0.05) is 13.0 Å². The fourth-order valence-electron chi connectivity index (χ4n) is 2.02. The number of nitrogens with zero attached hydrogens (tertiary/aromatic N) is 2. The van der Waals surface area contributed by atoms with Crippen molar-refractivity contribution in [2.75, 3.05) is 7.11 Å². The fourth-order valence-corrected chi connectivity index (χ4v) is 2.02. The molecular formula is C10H16N2O2. The van der Waals surface area contributed by atoms with Gasteiger partial charge >= 0.3 is 0 Å². The van der Waals surface area contributed by atoms with E-state index in [2.05, 4.69) is 10.1 Å². The summed E-state index contributed by atoms with van der Waals surface area (Å²) < 4.78 is 10.5. The van der Waals surface area contributed by atoms with Crippen molar-refractivity contribution in [3.05, 3.63) is 11.7 Å². The third-order valence-corrected chi connectivity index (χ3v) is 2.90. The highest BCUT2D eigenvalue weighted by molar-refractivity contribution is 4.95. The van der Waals surface area contributed by atoms with E-state index < -0.39 is 0 Å². The van der Waals surface area contributed by atoms with Crippen molar-refractivity contribution in [1.29, 1.82) is 0 Å². The molecule has 1 fully saturated rings. The molecule has 1 aromatic heterocycles. The van der Waals surface area contributed by atoms with Crippen molar-refractivity contribution in [2.45, 2.75) is 44.6 Å². The van der Waals surface area contributed by atoms with Crippen LogP contribution in [0.25, 0.3) is 0 Å². The molecule has 78 valence electrons. The number of hydrogen-bond acceptors (Lipinski definition) is 4. The van der Waals surface area contributed by atoms with Crippen LogP contribution in [-0.2, 0) is 4.74 Å². The molecule has 0 aromatic carbocycles. The molecule has 1 aliphatic rings. The van der Waals surface area contributed by atoms with Crippen LogP contribution < -0.4 is 0 Å². The van der Waals surface area contributed by atoms with Crippen LogP contribution in [0.2, 0.25) is 0 Å². The maximum Gasteiger partial charge on any atom is 0.229 e. The normalized spacial score (nSPS) is 27.9. The second kappa shape index (κ2) is 4.09. The molecule has 0 bridgehead atoms. The molecule has 14 heavy (non-hydrogen) atoms. The first kappa shape index (κ1) is 9.65. The number of ether oxygens (including phenoxy) is 1. The molecule has 4 heteroatoms. The topological polar surface area (TPSA) is 48.2 Å². The van der Waals surface area contributed by atoms with Crippen molar-refractivity contribution in [1.82, 2.24) is 10.1 Å². The second-order valence-electron chi connectivity index (χ2n) is 3.89. The van der Waals surface area contributed by atoms with Gasteiger partial charge in [0.15, 0.2) is 5.82 Å². The van der Waals surface area contributed by atoms with Crippen molar-refractivity contribution < 1.29 is 9.26 Å². The molecule has 0 unspecified atom stereocenters. The quantitative estimate of drug-likeness (QED) is 0.726. The van der Waals surface area contributed by atoms with Crippen molar-refractivity contribution in [3.63, 3.8) is 0 Å². The zero-order valence-corrected chi connectivity index (χ0v) is 8.69. The third-order valence-electron chi connectivity index (χ3n) is 2.90. The lowest BCUT2D eigenvalue weighted by Crippen LogP contribution is -2.19. The van der Waals surface area contributed by atoms with E-state index >= 15 is 0 Å². The van der Waals surface area contributed by atoms with Gasteiger partial charge in [0.25, 0.3) is 0 Å². The highest BCUT2D eigenvalue weighted by Crippen LogP contribution is 2.32. The SMILES string of the molecule is COC1CCC(c2nc(C)no2)CC1. The molecular weight excluding hydrogens is 180 g/mol. The zero-order chi connectivity index (χ0) is 9.97. The summed E-state index contributed by atoms with van der Waals surface area (Å²) in [6, 6.07) is 0. The molecule has 0 saturated heterocycles. The van der Waals surface area contributed by atoms with E-state index in [9.17, 15) is 0 Å². The van der Waals surface area contributed by atoms with E-state index in [1.54, 1.807) is 7.11 Å². The van der Waals surface area contributed by atoms with E-state index in [4.69, 9.17) is 9.26 Å². The molecule has 0 atom stereocenters. The van der Waals surface area contributed by atoms with E-state index in [0.717, 1.165) is 37.4 Å². The van der Waals surface area contributed by atoms with Crippen LogP contribution in [0, 0.1) is 6.92 Å². The van der Waals surface area contributed by atoms with Gasteiger partial charge in [-0.1, -0.05) is 5.16 Å². The Bertz CT molecular complexity index is 290. The lowest BCUT2D eigenvalue weighted by Gasteiger charge is -2.24. The molecule has 0 amide bonds. The first-order valence-electron chi connectivity index (χ1n) is 5.12. The Morgan fingerprint density at radius 3 is 2.50 bits per heavy atom. The van der Waals surface area contributed by atoms with Gasteiger partial charge in [-0.05, 0) is 32.6 Å². The fraction of sp³-hybridized carbons (Fsp3) is 0.800. The molecule has 1 aromatic rings. The predicted octanol–water partition coefficient (Wildman–Crippen LogP) is 2.05. The van der Waals surface area contributed by atoms with E-state index in [0.29, 0.717) is 12.0 Å². The minimum absolute atomic E-state index is 0.426. The summed E-state index contributed by atoms with van der Waals surface area (Å²) in [6.07, 6.45) is 4.82. The largest absolute Gasteiger partial charge is 0.381 e.